The highest BCUT2D eigenvalue weighted by atomic mass is 19.4. The summed E-state index contributed by atoms with van der Waals surface area (Å²) >= 11 is 0. The van der Waals surface area contributed by atoms with E-state index in [9.17, 15) is 26.3 Å². The Labute approximate surface area is 194 Å². The molecule has 0 aliphatic rings. The Kier molecular flexibility index (Phi) is 5.35. The average Bonchev–Trinajstić information content (AvgIpc) is 2.82. The van der Waals surface area contributed by atoms with Gasteiger partial charge in [0.25, 0.3) is 0 Å². The maximum Gasteiger partial charge on any atom is 0.420 e. The zero-order chi connectivity index (χ0) is 24.8. The van der Waals surface area contributed by atoms with Gasteiger partial charge >= 0.3 is 12.4 Å². The minimum atomic E-state index is -5.09. The van der Waals surface area contributed by atoms with E-state index >= 15 is 0 Å². The van der Waals surface area contributed by atoms with Crippen LogP contribution in [0.4, 0.5) is 26.3 Å². The fraction of sp³-hybridized carbons (Fsp3) is 0.0769. The molecule has 0 amide bonds. The van der Waals surface area contributed by atoms with Crippen LogP contribution in [0.1, 0.15) is 11.1 Å². The number of fused-ring (bicyclic) bond motifs is 2. The van der Waals surface area contributed by atoms with Gasteiger partial charge in [0.2, 0.25) is 5.88 Å². The first-order valence-electron chi connectivity index (χ1n) is 10.3. The van der Waals surface area contributed by atoms with Crippen LogP contribution < -0.4 is 4.74 Å². The van der Waals surface area contributed by atoms with Crippen molar-refractivity contribution >= 4 is 21.5 Å². The Morgan fingerprint density at radius 1 is 0.600 bits per heavy atom. The number of alkyl halides is 6. The van der Waals surface area contributed by atoms with Crippen molar-refractivity contribution in [2.75, 3.05) is 0 Å². The number of nitrogens with zero attached hydrogens (tertiary/aromatic N) is 2. The van der Waals surface area contributed by atoms with Gasteiger partial charge in [-0.1, -0.05) is 54.6 Å². The average molecular weight is 484 g/mol. The van der Waals surface area contributed by atoms with Crippen molar-refractivity contribution in [3.63, 3.8) is 0 Å². The van der Waals surface area contributed by atoms with E-state index in [2.05, 4.69) is 10.2 Å². The predicted molar refractivity (Wildman–Crippen MR) is 119 cm³/mol. The highest BCUT2D eigenvalue weighted by Gasteiger charge is 2.39. The van der Waals surface area contributed by atoms with Gasteiger partial charge in [-0.25, -0.2) is 0 Å². The molecule has 1 aromatic heterocycles. The van der Waals surface area contributed by atoms with Gasteiger partial charge in [0.15, 0.2) is 0 Å². The maximum atomic E-state index is 13.6. The van der Waals surface area contributed by atoms with Crippen LogP contribution in [0.15, 0.2) is 84.9 Å². The number of aromatic nitrogens is 2. The summed E-state index contributed by atoms with van der Waals surface area (Å²) < 4.78 is 85.6. The molecule has 1 heterocycles. The summed E-state index contributed by atoms with van der Waals surface area (Å²) in [7, 11) is 0. The van der Waals surface area contributed by atoms with Crippen molar-refractivity contribution in [3.8, 4) is 22.9 Å². The summed E-state index contributed by atoms with van der Waals surface area (Å²) in [5, 5.41) is 10.8. The summed E-state index contributed by atoms with van der Waals surface area (Å²) in [4.78, 5) is 0. The van der Waals surface area contributed by atoms with E-state index in [0.29, 0.717) is 28.6 Å². The van der Waals surface area contributed by atoms with Gasteiger partial charge in [0, 0.05) is 16.3 Å². The Balaban J connectivity index is 1.72. The normalized spacial score (nSPS) is 12.3. The zero-order valence-electron chi connectivity index (χ0n) is 17.7. The monoisotopic (exact) mass is 484 g/mol. The predicted octanol–water partition coefficient (Wildman–Crippen LogP) is 8.28. The van der Waals surface area contributed by atoms with Crippen LogP contribution in [0, 0.1) is 0 Å². The van der Waals surface area contributed by atoms with E-state index in [0.717, 1.165) is 16.3 Å². The molecule has 0 fully saturated rings. The van der Waals surface area contributed by atoms with Gasteiger partial charge < -0.3 is 4.74 Å². The van der Waals surface area contributed by atoms with Crippen molar-refractivity contribution in [3.05, 3.63) is 96.1 Å². The van der Waals surface area contributed by atoms with E-state index in [1.165, 1.54) is 0 Å². The lowest BCUT2D eigenvalue weighted by Crippen LogP contribution is -2.12. The van der Waals surface area contributed by atoms with E-state index in [-0.39, 0.29) is 11.9 Å². The molecule has 4 aromatic carbocycles. The van der Waals surface area contributed by atoms with Crippen molar-refractivity contribution in [1.29, 1.82) is 0 Å². The van der Waals surface area contributed by atoms with Crippen LogP contribution in [0.5, 0.6) is 11.6 Å². The molecule has 9 heteroatoms. The lowest BCUT2D eigenvalue weighted by Gasteiger charge is -2.17. The molecule has 3 nitrogen and oxygen atoms in total. The molecule has 0 aliphatic heterocycles. The van der Waals surface area contributed by atoms with Gasteiger partial charge in [0.05, 0.1) is 11.1 Å². The van der Waals surface area contributed by atoms with E-state index in [4.69, 9.17) is 4.74 Å². The highest BCUT2D eigenvalue weighted by molar-refractivity contribution is 6.05. The van der Waals surface area contributed by atoms with Crippen LogP contribution in [0.3, 0.4) is 0 Å². The lowest BCUT2D eigenvalue weighted by molar-refractivity contribution is -0.143. The molecule has 0 saturated heterocycles. The summed E-state index contributed by atoms with van der Waals surface area (Å²) in [6.07, 6.45) is -10.0. The number of ether oxygens (including phenoxy) is 1. The molecule has 0 unspecified atom stereocenters. The molecule has 176 valence electrons. The molecular weight excluding hydrogens is 470 g/mol. The largest absolute Gasteiger partial charge is 0.436 e. The second-order valence-corrected chi connectivity index (χ2v) is 7.77. The summed E-state index contributed by atoms with van der Waals surface area (Å²) in [5.41, 5.74) is -1.77. The van der Waals surface area contributed by atoms with Gasteiger partial charge in [-0.3, -0.25) is 0 Å². The van der Waals surface area contributed by atoms with E-state index in [1.54, 1.807) is 12.1 Å². The molecule has 0 aliphatic carbocycles. The molecule has 0 spiro atoms. The van der Waals surface area contributed by atoms with Crippen LogP contribution in [0.2, 0.25) is 0 Å². The number of hydrogen-bond donors (Lipinski definition) is 0. The van der Waals surface area contributed by atoms with Gasteiger partial charge in [-0.15, -0.1) is 10.2 Å². The molecule has 5 rings (SSSR count). The third-order valence-electron chi connectivity index (χ3n) is 5.48. The minimum absolute atomic E-state index is 0.0265. The number of benzene rings is 4. The van der Waals surface area contributed by atoms with Crippen molar-refractivity contribution in [2.24, 2.45) is 0 Å². The first kappa shape index (κ1) is 22.6. The summed E-state index contributed by atoms with van der Waals surface area (Å²) in [5.74, 6) is -1.06. The third kappa shape index (κ3) is 4.37. The van der Waals surface area contributed by atoms with Crippen molar-refractivity contribution < 1.29 is 31.1 Å². The van der Waals surface area contributed by atoms with E-state index in [1.807, 2.05) is 54.6 Å². The number of rotatable bonds is 3. The number of hydrogen-bond acceptors (Lipinski definition) is 3. The first-order valence-corrected chi connectivity index (χ1v) is 10.3. The van der Waals surface area contributed by atoms with Crippen LogP contribution >= 0.6 is 0 Å². The van der Waals surface area contributed by atoms with Gasteiger partial charge in [-0.05, 0) is 41.1 Å². The van der Waals surface area contributed by atoms with Crippen molar-refractivity contribution in [1.82, 2.24) is 10.2 Å². The standard InChI is InChI=1S/C26H14F6N2O/c27-25(28,29)18-10-11-22(21(14-18)26(30,31)32)35-24-20-13-17-9-5-4-8-16(17)12-19(20)23(33-34-24)15-6-2-1-3-7-15/h1-14H. The molecule has 0 N–H and O–H groups in total. The third-order valence-corrected chi connectivity index (χ3v) is 5.48. The molecule has 35 heavy (non-hydrogen) atoms. The SMILES string of the molecule is FC(F)(F)c1ccc(Oc2nnc(-c3ccccc3)c3cc4ccccc4cc23)c(C(F)(F)F)c1. The Bertz CT molecular complexity index is 1550. The second kappa shape index (κ2) is 8.26. The fourth-order valence-corrected chi connectivity index (χ4v) is 3.82. The zero-order valence-corrected chi connectivity index (χ0v) is 17.7. The van der Waals surface area contributed by atoms with Crippen LogP contribution in [-0.2, 0) is 12.4 Å². The molecule has 5 aromatic rings. The quantitative estimate of drug-likeness (QED) is 0.191. The molecule has 0 atom stereocenters. The summed E-state index contributed by atoms with van der Waals surface area (Å²) in [6, 6.07) is 21.2. The molecule has 0 bridgehead atoms. The number of halogens is 6. The lowest BCUT2D eigenvalue weighted by atomic mass is 10.0. The van der Waals surface area contributed by atoms with E-state index < -0.39 is 29.2 Å². The second-order valence-electron chi connectivity index (χ2n) is 7.77. The fourth-order valence-electron chi connectivity index (χ4n) is 3.82. The Morgan fingerprint density at radius 2 is 1.23 bits per heavy atom. The molecule has 0 radical (unpaired) electrons. The smallest absolute Gasteiger partial charge is 0.420 e. The first-order chi connectivity index (χ1) is 16.6. The van der Waals surface area contributed by atoms with Gasteiger partial charge in [-0.2, -0.15) is 26.3 Å². The molecular formula is C26H14F6N2O. The van der Waals surface area contributed by atoms with Gasteiger partial charge in [0.1, 0.15) is 11.4 Å². The van der Waals surface area contributed by atoms with Crippen LogP contribution in [-0.4, -0.2) is 10.2 Å². The van der Waals surface area contributed by atoms with Crippen molar-refractivity contribution in [2.45, 2.75) is 12.4 Å². The maximum absolute atomic E-state index is 13.6. The summed E-state index contributed by atoms with van der Waals surface area (Å²) in [6.45, 7) is 0. The Hall–Kier alpha value is -4.14. The topological polar surface area (TPSA) is 35.0 Å². The van der Waals surface area contributed by atoms with Crippen LogP contribution in [0.25, 0.3) is 32.8 Å². The highest BCUT2D eigenvalue weighted by Crippen LogP contribution is 2.43. The molecule has 0 saturated carbocycles. The minimum Gasteiger partial charge on any atom is -0.436 e. The Morgan fingerprint density at radius 3 is 1.86 bits per heavy atom.